The van der Waals surface area contributed by atoms with Crippen molar-refractivity contribution in [3.63, 3.8) is 0 Å². The lowest BCUT2D eigenvalue weighted by atomic mass is 10.0. The van der Waals surface area contributed by atoms with Gasteiger partial charge in [-0.15, -0.1) is 10.2 Å². The summed E-state index contributed by atoms with van der Waals surface area (Å²) in [5, 5.41) is 12.0. The molecule has 10 heteroatoms. The van der Waals surface area contributed by atoms with Gasteiger partial charge < -0.3 is 24.8 Å². The molecule has 1 aromatic carbocycles. The zero-order valence-electron chi connectivity index (χ0n) is 20.6. The summed E-state index contributed by atoms with van der Waals surface area (Å²) in [5.41, 5.74) is 10.7. The Morgan fingerprint density at radius 2 is 2.03 bits per heavy atom. The van der Waals surface area contributed by atoms with Crippen molar-refractivity contribution < 1.29 is 9.15 Å². The summed E-state index contributed by atoms with van der Waals surface area (Å²) < 4.78 is 13.0. The first kappa shape index (κ1) is 23.8. The molecule has 1 atom stereocenters. The molecular formula is C26H29N7O3. The van der Waals surface area contributed by atoms with Gasteiger partial charge in [0.15, 0.2) is 11.5 Å². The number of aryl methyl sites for hydroxylation is 1. The van der Waals surface area contributed by atoms with Crippen LogP contribution < -0.4 is 16.6 Å². The first-order valence-electron chi connectivity index (χ1n) is 12.0. The van der Waals surface area contributed by atoms with E-state index in [1.807, 2.05) is 32.9 Å². The van der Waals surface area contributed by atoms with Crippen molar-refractivity contribution in [3.8, 4) is 34.3 Å². The number of ether oxygens (including phenoxy) is 1. The van der Waals surface area contributed by atoms with E-state index in [-0.39, 0.29) is 23.3 Å². The van der Waals surface area contributed by atoms with Crippen LogP contribution in [0.5, 0.6) is 0 Å². The van der Waals surface area contributed by atoms with E-state index in [2.05, 4.69) is 31.5 Å². The molecule has 0 radical (unpaired) electrons. The Balaban J connectivity index is 1.40. The Hall–Kier alpha value is -3.89. The number of nitrogens with one attached hydrogen (secondary N) is 1. The molecule has 0 spiro atoms. The Morgan fingerprint density at radius 1 is 1.19 bits per heavy atom. The van der Waals surface area contributed by atoms with Gasteiger partial charge >= 0.3 is 0 Å². The third-order valence-corrected chi connectivity index (χ3v) is 6.26. The fourth-order valence-electron chi connectivity index (χ4n) is 4.21. The molecule has 10 nitrogen and oxygen atoms in total. The van der Waals surface area contributed by atoms with Crippen molar-refractivity contribution >= 4 is 5.82 Å². The number of aromatic nitrogens is 5. The number of anilines is 1. The maximum Gasteiger partial charge on any atom is 0.270 e. The lowest BCUT2D eigenvalue weighted by Gasteiger charge is -2.12. The van der Waals surface area contributed by atoms with Gasteiger partial charge in [-0.3, -0.25) is 4.79 Å². The van der Waals surface area contributed by atoms with Crippen LogP contribution >= 0.6 is 0 Å². The average Bonchev–Trinajstić information content (AvgIpc) is 3.56. The van der Waals surface area contributed by atoms with Gasteiger partial charge in [0.2, 0.25) is 5.89 Å². The number of nitrogens with zero attached hydrogens (tertiary/aromatic N) is 5. The average molecular weight is 488 g/mol. The molecule has 36 heavy (non-hydrogen) atoms. The zero-order chi connectivity index (χ0) is 25.2. The van der Waals surface area contributed by atoms with E-state index in [9.17, 15) is 4.79 Å². The highest BCUT2D eigenvalue weighted by Gasteiger charge is 2.19. The highest BCUT2D eigenvalue weighted by Crippen LogP contribution is 2.29. The molecule has 5 rings (SSSR count). The van der Waals surface area contributed by atoms with Crippen molar-refractivity contribution in [1.82, 2.24) is 30.0 Å². The third kappa shape index (κ3) is 4.91. The number of hydrogen-bond acceptors (Lipinski definition) is 9. The van der Waals surface area contributed by atoms with E-state index in [4.69, 9.17) is 14.9 Å². The zero-order valence-corrected chi connectivity index (χ0v) is 20.6. The van der Waals surface area contributed by atoms with Gasteiger partial charge in [-0.25, -0.2) is 9.97 Å². The van der Waals surface area contributed by atoms with Crippen molar-refractivity contribution in [2.24, 2.45) is 0 Å². The quantitative estimate of drug-likeness (QED) is 0.402. The molecule has 4 aromatic rings. The molecule has 186 valence electrons. The summed E-state index contributed by atoms with van der Waals surface area (Å²) in [4.78, 5) is 21.0. The van der Waals surface area contributed by atoms with Crippen LogP contribution in [-0.4, -0.2) is 44.0 Å². The number of rotatable bonds is 7. The molecule has 0 aliphatic carbocycles. The molecule has 3 aromatic heterocycles. The van der Waals surface area contributed by atoms with E-state index in [0.717, 1.165) is 42.9 Å². The van der Waals surface area contributed by atoms with E-state index >= 15 is 0 Å². The van der Waals surface area contributed by atoms with E-state index < -0.39 is 0 Å². The monoisotopic (exact) mass is 487 g/mol. The van der Waals surface area contributed by atoms with Gasteiger partial charge in [-0.1, -0.05) is 12.1 Å². The van der Waals surface area contributed by atoms with Gasteiger partial charge in [-0.2, -0.15) is 0 Å². The molecule has 4 heterocycles. The van der Waals surface area contributed by atoms with Crippen LogP contribution in [0.1, 0.15) is 37.4 Å². The Kier molecular flexibility index (Phi) is 6.62. The SMILES string of the molecule is Cc1cc(CNC2CCOC2)ccc1-c1nnc(-c2nc(-c3ccc(=O)n(C(C)C)c3)cnc2N)o1. The summed E-state index contributed by atoms with van der Waals surface area (Å²) in [5.74, 6) is 0.742. The van der Waals surface area contributed by atoms with Crippen molar-refractivity contribution in [1.29, 1.82) is 0 Å². The topological polar surface area (TPSA) is 134 Å². The number of nitrogens with two attached hydrogens (primary N) is 1. The molecule has 1 fully saturated rings. The second-order valence-corrected chi connectivity index (χ2v) is 9.25. The van der Waals surface area contributed by atoms with Crippen LogP contribution in [0.25, 0.3) is 34.3 Å². The molecule has 1 aliphatic rings. The number of benzene rings is 1. The molecule has 3 N–H and O–H groups in total. The summed E-state index contributed by atoms with van der Waals surface area (Å²) in [6.45, 7) is 8.25. The van der Waals surface area contributed by atoms with Gasteiger partial charge in [-0.05, 0) is 50.5 Å². The summed E-state index contributed by atoms with van der Waals surface area (Å²) in [6.07, 6.45) is 4.36. The predicted molar refractivity (Wildman–Crippen MR) is 136 cm³/mol. The van der Waals surface area contributed by atoms with Gasteiger partial charge in [0.25, 0.3) is 11.4 Å². The summed E-state index contributed by atoms with van der Waals surface area (Å²) >= 11 is 0. The maximum absolute atomic E-state index is 12.1. The van der Waals surface area contributed by atoms with Gasteiger partial charge in [0, 0.05) is 48.6 Å². The molecule has 1 aliphatic heterocycles. The molecule has 0 amide bonds. The number of nitrogen functional groups attached to an aromatic ring is 1. The van der Waals surface area contributed by atoms with Crippen LogP contribution in [0.2, 0.25) is 0 Å². The van der Waals surface area contributed by atoms with Crippen LogP contribution in [-0.2, 0) is 11.3 Å². The van der Waals surface area contributed by atoms with E-state index in [0.29, 0.717) is 23.3 Å². The molecule has 0 bridgehead atoms. The van der Waals surface area contributed by atoms with Crippen LogP contribution in [0.4, 0.5) is 5.82 Å². The fourth-order valence-corrected chi connectivity index (χ4v) is 4.21. The summed E-state index contributed by atoms with van der Waals surface area (Å²) in [7, 11) is 0. The summed E-state index contributed by atoms with van der Waals surface area (Å²) in [6, 6.07) is 9.79. The second-order valence-electron chi connectivity index (χ2n) is 9.25. The van der Waals surface area contributed by atoms with Crippen LogP contribution in [0, 0.1) is 6.92 Å². The molecular weight excluding hydrogens is 458 g/mol. The van der Waals surface area contributed by atoms with Gasteiger partial charge in [0.1, 0.15) is 0 Å². The minimum atomic E-state index is -0.0800. The Labute approximate surface area is 208 Å². The highest BCUT2D eigenvalue weighted by atomic mass is 16.5. The lowest BCUT2D eigenvalue weighted by Crippen LogP contribution is -2.28. The first-order valence-corrected chi connectivity index (χ1v) is 12.0. The minimum absolute atomic E-state index is 0.0132. The smallest absolute Gasteiger partial charge is 0.270 e. The minimum Gasteiger partial charge on any atom is -0.414 e. The van der Waals surface area contributed by atoms with Crippen molar-refractivity contribution in [2.45, 2.75) is 45.8 Å². The largest absolute Gasteiger partial charge is 0.414 e. The van der Waals surface area contributed by atoms with Crippen LogP contribution in [0.15, 0.2) is 51.9 Å². The van der Waals surface area contributed by atoms with E-state index in [1.165, 1.54) is 11.6 Å². The highest BCUT2D eigenvalue weighted by molar-refractivity contribution is 5.69. The van der Waals surface area contributed by atoms with Crippen molar-refractivity contribution in [2.75, 3.05) is 18.9 Å². The lowest BCUT2D eigenvalue weighted by molar-refractivity contribution is 0.190. The first-order chi connectivity index (χ1) is 17.4. The standard InChI is InChI=1S/C26H29N7O3/c1-15(2)33-13-18(5-7-22(33)34)21-12-29-24(27)23(30-21)26-32-31-25(36-26)20-6-4-17(10-16(20)3)11-28-19-8-9-35-14-19/h4-7,10,12-13,15,19,28H,8-9,11,14H2,1-3H3,(H2,27,29). The molecule has 1 saturated heterocycles. The third-order valence-electron chi connectivity index (χ3n) is 6.26. The molecule has 1 unspecified atom stereocenters. The fraction of sp³-hybridized carbons (Fsp3) is 0.346. The van der Waals surface area contributed by atoms with E-state index in [1.54, 1.807) is 23.0 Å². The Morgan fingerprint density at radius 3 is 2.78 bits per heavy atom. The normalized spacial score (nSPS) is 15.6. The van der Waals surface area contributed by atoms with Crippen LogP contribution in [0.3, 0.4) is 0 Å². The predicted octanol–water partition coefficient (Wildman–Crippen LogP) is 3.37. The number of pyridine rings is 1. The Bertz CT molecular complexity index is 1440. The molecule has 0 saturated carbocycles. The maximum atomic E-state index is 12.1. The number of hydrogen-bond donors (Lipinski definition) is 2. The van der Waals surface area contributed by atoms with Crippen molar-refractivity contribution in [3.05, 3.63) is 64.2 Å². The second kappa shape index (κ2) is 10.00. The van der Waals surface area contributed by atoms with Gasteiger partial charge in [0.05, 0.1) is 18.5 Å².